The van der Waals surface area contributed by atoms with Crippen molar-refractivity contribution in [2.75, 3.05) is 19.0 Å². The number of hydrogen-bond acceptors (Lipinski definition) is 3. The number of anilines is 1. The smallest absolute Gasteiger partial charge is 0.220 e. The third-order valence-corrected chi connectivity index (χ3v) is 4.35. The fourth-order valence-electron chi connectivity index (χ4n) is 2.31. The van der Waals surface area contributed by atoms with Gasteiger partial charge in [0.1, 0.15) is 0 Å². The summed E-state index contributed by atoms with van der Waals surface area (Å²) in [5, 5.41) is 5.03. The second-order valence-electron chi connectivity index (χ2n) is 5.37. The summed E-state index contributed by atoms with van der Waals surface area (Å²) in [6, 6.07) is 10.4. The van der Waals surface area contributed by atoms with Gasteiger partial charge >= 0.3 is 0 Å². The van der Waals surface area contributed by atoms with Crippen molar-refractivity contribution in [1.82, 2.24) is 5.32 Å². The average Bonchev–Trinajstić information content (AvgIpc) is 2.95. The zero-order valence-electron chi connectivity index (χ0n) is 12.8. The van der Waals surface area contributed by atoms with Gasteiger partial charge in [0.05, 0.1) is 0 Å². The lowest BCUT2D eigenvalue weighted by Crippen LogP contribution is -2.23. The minimum absolute atomic E-state index is 0.109. The maximum absolute atomic E-state index is 11.9. The van der Waals surface area contributed by atoms with Gasteiger partial charge in [-0.1, -0.05) is 18.2 Å². The third kappa shape index (κ3) is 4.60. The van der Waals surface area contributed by atoms with Crippen molar-refractivity contribution in [2.24, 2.45) is 0 Å². The number of carbonyl (C=O) groups excluding carboxylic acids is 1. The number of hydrogen-bond donors (Lipinski definition) is 1. The van der Waals surface area contributed by atoms with Crippen molar-refractivity contribution in [3.8, 4) is 0 Å². The number of benzene rings is 1. The van der Waals surface area contributed by atoms with Gasteiger partial charge < -0.3 is 10.2 Å². The Balaban J connectivity index is 1.82. The second-order valence-corrected chi connectivity index (χ2v) is 6.40. The Morgan fingerprint density at radius 3 is 2.71 bits per heavy atom. The van der Waals surface area contributed by atoms with Crippen LogP contribution in [0.25, 0.3) is 0 Å². The van der Waals surface area contributed by atoms with Crippen LogP contribution in [-0.2, 0) is 17.8 Å². The lowest BCUT2D eigenvalue weighted by molar-refractivity contribution is -0.121. The molecule has 1 amide bonds. The van der Waals surface area contributed by atoms with Gasteiger partial charge in [-0.3, -0.25) is 4.79 Å². The Morgan fingerprint density at radius 2 is 2.10 bits per heavy atom. The van der Waals surface area contributed by atoms with E-state index in [0.29, 0.717) is 13.0 Å². The molecular formula is C17H22N2OS. The van der Waals surface area contributed by atoms with Gasteiger partial charge in [0, 0.05) is 37.6 Å². The summed E-state index contributed by atoms with van der Waals surface area (Å²) < 4.78 is 0. The highest BCUT2D eigenvalue weighted by molar-refractivity contribution is 7.09. The van der Waals surface area contributed by atoms with E-state index in [1.807, 2.05) is 25.5 Å². The molecule has 0 radical (unpaired) electrons. The second kappa shape index (κ2) is 7.27. The topological polar surface area (TPSA) is 32.3 Å². The number of carbonyl (C=O) groups is 1. The fourth-order valence-corrected chi connectivity index (χ4v) is 3.02. The first-order chi connectivity index (χ1) is 10.1. The molecule has 0 aliphatic heterocycles. The van der Waals surface area contributed by atoms with Crippen LogP contribution in [-0.4, -0.2) is 20.0 Å². The number of amides is 1. The first-order valence-corrected chi connectivity index (χ1v) is 8.00. The van der Waals surface area contributed by atoms with Crippen LogP contribution in [0.15, 0.2) is 35.7 Å². The predicted octanol–water partition coefficient (Wildman–Crippen LogP) is 3.37. The van der Waals surface area contributed by atoms with Crippen molar-refractivity contribution < 1.29 is 4.79 Å². The maximum atomic E-state index is 11.9. The van der Waals surface area contributed by atoms with E-state index in [2.05, 4.69) is 41.4 Å². The Kier molecular flexibility index (Phi) is 5.39. The monoisotopic (exact) mass is 302 g/mol. The summed E-state index contributed by atoms with van der Waals surface area (Å²) in [4.78, 5) is 15.2. The van der Waals surface area contributed by atoms with Gasteiger partial charge in [-0.15, -0.1) is 11.3 Å². The Labute approximate surface area is 130 Å². The minimum atomic E-state index is 0.109. The van der Waals surface area contributed by atoms with E-state index in [9.17, 15) is 4.79 Å². The van der Waals surface area contributed by atoms with Crippen LogP contribution in [0.1, 0.15) is 22.4 Å². The van der Waals surface area contributed by atoms with Crippen LogP contribution in [0.5, 0.6) is 0 Å². The highest BCUT2D eigenvalue weighted by atomic mass is 32.1. The van der Waals surface area contributed by atoms with E-state index in [-0.39, 0.29) is 5.91 Å². The Hall–Kier alpha value is -1.81. The SMILES string of the molecule is Cc1cc(CNC(=O)CCc2cccs2)ccc1N(C)C. The molecule has 0 saturated heterocycles. The predicted molar refractivity (Wildman–Crippen MR) is 90.0 cm³/mol. The highest BCUT2D eigenvalue weighted by Crippen LogP contribution is 2.19. The van der Waals surface area contributed by atoms with Gasteiger partial charge in [-0.05, 0) is 42.0 Å². The minimum Gasteiger partial charge on any atom is -0.377 e. The maximum Gasteiger partial charge on any atom is 0.220 e. The lowest BCUT2D eigenvalue weighted by Gasteiger charge is -2.16. The molecule has 21 heavy (non-hydrogen) atoms. The normalized spacial score (nSPS) is 10.4. The molecule has 1 heterocycles. The molecule has 0 saturated carbocycles. The van der Waals surface area contributed by atoms with Crippen molar-refractivity contribution in [3.05, 3.63) is 51.7 Å². The van der Waals surface area contributed by atoms with E-state index in [1.165, 1.54) is 16.1 Å². The van der Waals surface area contributed by atoms with Crippen LogP contribution in [0.2, 0.25) is 0 Å². The van der Waals surface area contributed by atoms with Crippen molar-refractivity contribution >= 4 is 22.9 Å². The van der Waals surface area contributed by atoms with E-state index in [1.54, 1.807) is 11.3 Å². The summed E-state index contributed by atoms with van der Waals surface area (Å²) in [5.74, 6) is 0.109. The summed E-state index contributed by atoms with van der Waals surface area (Å²) in [6.45, 7) is 2.69. The molecule has 0 bridgehead atoms. The van der Waals surface area contributed by atoms with Crippen LogP contribution >= 0.6 is 11.3 Å². The van der Waals surface area contributed by atoms with Gasteiger partial charge in [0.2, 0.25) is 5.91 Å². The highest BCUT2D eigenvalue weighted by Gasteiger charge is 2.05. The van der Waals surface area contributed by atoms with Crippen molar-refractivity contribution in [2.45, 2.75) is 26.3 Å². The third-order valence-electron chi connectivity index (χ3n) is 3.41. The molecule has 1 aromatic carbocycles. The first kappa shape index (κ1) is 15.6. The number of nitrogens with zero attached hydrogens (tertiary/aromatic N) is 1. The number of nitrogens with one attached hydrogen (secondary N) is 1. The molecule has 0 aliphatic rings. The molecule has 1 N–H and O–H groups in total. The quantitative estimate of drug-likeness (QED) is 0.887. The standard InChI is InChI=1S/C17H22N2OS/c1-13-11-14(6-8-16(13)19(2)3)12-18-17(20)9-7-15-5-4-10-21-15/h4-6,8,10-11H,7,9,12H2,1-3H3,(H,18,20). The van der Waals surface area contributed by atoms with Gasteiger partial charge in [-0.25, -0.2) is 0 Å². The first-order valence-electron chi connectivity index (χ1n) is 7.12. The fraction of sp³-hybridized carbons (Fsp3) is 0.353. The molecule has 0 fully saturated rings. The van der Waals surface area contributed by atoms with Gasteiger partial charge in [0.25, 0.3) is 0 Å². The largest absolute Gasteiger partial charge is 0.377 e. The summed E-state index contributed by atoms with van der Waals surface area (Å²) in [6.07, 6.45) is 1.37. The molecule has 3 nitrogen and oxygen atoms in total. The van der Waals surface area contributed by atoms with Crippen LogP contribution in [0, 0.1) is 6.92 Å². The number of thiophene rings is 1. The van der Waals surface area contributed by atoms with Gasteiger partial charge in [-0.2, -0.15) is 0 Å². The molecule has 1 aromatic heterocycles. The van der Waals surface area contributed by atoms with E-state index in [4.69, 9.17) is 0 Å². The zero-order chi connectivity index (χ0) is 15.2. The molecule has 0 unspecified atom stereocenters. The van der Waals surface area contributed by atoms with Crippen molar-refractivity contribution in [1.29, 1.82) is 0 Å². The molecule has 0 aliphatic carbocycles. The van der Waals surface area contributed by atoms with E-state index < -0.39 is 0 Å². The molecule has 2 aromatic rings. The molecule has 4 heteroatoms. The van der Waals surface area contributed by atoms with E-state index in [0.717, 1.165) is 12.0 Å². The van der Waals surface area contributed by atoms with Crippen LogP contribution in [0.3, 0.4) is 0 Å². The Bertz CT molecular complexity index is 591. The number of rotatable bonds is 6. The molecular weight excluding hydrogens is 280 g/mol. The summed E-state index contributed by atoms with van der Waals surface area (Å²) in [5.41, 5.74) is 3.58. The molecule has 0 spiro atoms. The van der Waals surface area contributed by atoms with Crippen molar-refractivity contribution in [3.63, 3.8) is 0 Å². The zero-order valence-corrected chi connectivity index (χ0v) is 13.7. The van der Waals surface area contributed by atoms with E-state index >= 15 is 0 Å². The molecule has 0 atom stereocenters. The molecule has 2 rings (SSSR count). The van der Waals surface area contributed by atoms with Crippen LogP contribution < -0.4 is 10.2 Å². The molecule has 112 valence electrons. The Morgan fingerprint density at radius 1 is 1.29 bits per heavy atom. The summed E-state index contributed by atoms with van der Waals surface area (Å²) in [7, 11) is 4.07. The lowest BCUT2D eigenvalue weighted by atomic mass is 10.1. The average molecular weight is 302 g/mol. The summed E-state index contributed by atoms with van der Waals surface area (Å²) >= 11 is 1.70. The number of aryl methyl sites for hydroxylation is 2. The van der Waals surface area contributed by atoms with Crippen LogP contribution in [0.4, 0.5) is 5.69 Å². The van der Waals surface area contributed by atoms with Gasteiger partial charge in [0.15, 0.2) is 0 Å².